The van der Waals surface area contributed by atoms with Gasteiger partial charge in [0, 0.05) is 8.04 Å². The lowest BCUT2D eigenvalue weighted by Crippen LogP contribution is -2.17. The third-order valence-corrected chi connectivity index (χ3v) is 4.73. The highest BCUT2D eigenvalue weighted by Gasteiger charge is 2.08. The topological polar surface area (TPSA) is 55.6 Å². The monoisotopic (exact) mass is 421 g/mol. The van der Waals surface area contributed by atoms with Gasteiger partial charge in [-0.05, 0) is 80.1 Å². The Labute approximate surface area is 128 Å². The molecular formula is C11H13BrIN5. The number of halogens is 2. The summed E-state index contributed by atoms with van der Waals surface area (Å²) >= 11 is 5.79. The zero-order valence-electron chi connectivity index (χ0n) is 9.90. The summed E-state index contributed by atoms with van der Waals surface area (Å²) in [6, 6.07) is 6.05. The highest BCUT2D eigenvalue weighted by molar-refractivity contribution is 14.1. The summed E-state index contributed by atoms with van der Waals surface area (Å²) < 4.78 is 3.96. The molecule has 1 N–H and O–H groups in total. The van der Waals surface area contributed by atoms with Gasteiger partial charge in [-0.2, -0.15) is 4.68 Å². The van der Waals surface area contributed by atoms with E-state index in [9.17, 15) is 0 Å². The van der Waals surface area contributed by atoms with Gasteiger partial charge in [-0.3, -0.25) is 0 Å². The quantitative estimate of drug-likeness (QED) is 0.595. The van der Waals surface area contributed by atoms with Gasteiger partial charge in [-0.25, -0.2) is 0 Å². The number of benzene rings is 1. The zero-order valence-corrected chi connectivity index (χ0v) is 13.6. The van der Waals surface area contributed by atoms with Crippen molar-refractivity contribution in [3.05, 3.63) is 32.1 Å². The van der Waals surface area contributed by atoms with Crippen molar-refractivity contribution in [1.29, 1.82) is 0 Å². The van der Waals surface area contributed by atoms with Crippen LogP contribution in [0.5, 0.6) is 0 Å². The minimum atomic E-state index is 0.671. The number of tetrazole rings is 1. The van der Waals surface area contributed by atoms with Gasteiger partial charge in [-0.1, -0.05) is 6.92 Å². The first-order valence-corrected chi connectivity index (χ1v) is 7.53. The summed E-state index contributed by atoms with van der Waals surface area (Å²) in [5.41, 5.74) is 0.959. The maximum Gasteiger partial charge on any atom is 0.170 e. The van der Waals surface area contributed by atoms with Crippen molar-refractivity contribution < 1.29 is 0 Å². The van der Waals surface area contributed by atoms with Gasteiger partial charge in [0.2, 0.25) is 0 Å². The van der Waals surface area contributed by atoms with E-state index in [4.69, 9.17) is 0 Å². The Bertz CT molecular complexity index is 528. The van der Waals surface area contributed by atoms with Gasteiger partial charge in [0.1, 0.15) is 0 Å². The smallest absolute Gasteiger partial charge is 0.170 e. The first kappa shape index (κ1) is 13.9. The molecule has 0 spiro atoms. The van der Waals surface area contributed by atoms with Crippen LogP contribution in [0.2, 0.25) is 0 Å². The molecule has 0 saturated heterocycles. The summed E-state index contributed by atoms with van der Waals surface area (Å²) in [5.74, 6) is 0.816. The van der Waals surface area contributed by atoms with Crippen LogP contribution < -0.4 is 5.32 Å². The van der Waals surface area contributed by atoms with Crippen LogP contribution in [0.25, 0.3) is 5.69 Å². The Balaban J connectivity index is 2.22. The molecule has 1 aromatic heterocycles. The molecule has 0 bridgehead atoms. The van der Waals surface area contributed by atoms with Gasteiger partial charge >= 0.3 is 0 Å². The second-order valence-electron chi connectivity index (χ2n) is 3.78. The Morgan fingerprint density at radius 3 is 3.00 bits per heavy atom. The molecular weight excluding hydrogens is 409 g/mol. The van der Waals surface area contributed by atoms with E-state index in [0.717, 1.165) is 32.5 Å². The van der Waals surface area contributed by atoms with E-state index in [-0.39, 0.29) is 0 Å². The van der Waals surface area contributed by atoms with Crippen LogP contribution in [0.4, 0.5) is 0 Å². The summed E-state index contributed by atoms with van der Waals surface area (Å²) in [4.78, 5) is 0. The molecule has 96 valence electrons. The van der Waals surface area contributed by atoms with Crippen LogP contribution >= 0.6 is 38.5 Å². The molecule has 0 saturated carbocycles. The maximum atomic E-state index is 4.04. The Morgan fingerprint density at radius 1 is 1.44 bits per heavy atom. The van der Waals surface area contributed by atoms with Gasteiger partial charge in [0.15, 0.2) is 5.82 Å². The first-order valence-electron chi connectivity index (χ1n) is 5.65. The SMILES string of the molecule is CCCNCc1nnnn1-c1ccc(I)c(Br)c1. The van der Waals surface area contributed by atoms with Gasteiger partial charge in [0.05, 0.1) is 12.2 Å². The zero-order chi connectivity index (χ0) is 13.0. The van der Waals surface area contributed by atoms with Crippen LogP contribution in [0, 0.1) is 3.57 Å². The number of rotatable bonds is 5. The number of hydrogen-bond acceptors (Lipinski definition) is 4. The number of aromatic nitrogens is 4. The van der Waals surface area contributed by atoms with E-state index in [1.807, 2.05) is 18.2 Å². The molecule has 0 amide bonds. The third kappa shape index (κ3) is 3.27. The van der Waals surface area contributed by atoms with Crippen LogP contribution in [-0.2, 0) is 6.54 Å². The van der Waals surface area contributed by atoms with E-state index in [1.165, 1.54) is 0 Å². The van der Waals surface area contributed by atoms with E-state index in [0.29, 0.717) is 6.54 Å². The lowest BCUT2D eigenvalue weighted by Gasteiger charge is -2.06. The van der Waals surface area contributed by atoms with Crippen molar-refractivity contribution in [2.45, 2.75) is 19.9 Å². The van der Waals surface area contributed by atoms with Crippen LogP contribution in [0.15, 0.2) is 22.7 Å². The average molecular weight is 422 g/mol. The minimum absolute atomic E-state index is 0.671. The van der Waals surface area contributed by atoms with Crippen molar-refractivity contribution in [1.82, 2.24) is 25.5 Å². The van der Waals surface area contributed by atoms with E-state index in [1.54, 1.807) is 4.68 Å². The Kier molecular flexibility index (Phi) is 5.07. The largest absolute Gasteiger partial charge is 0.310 e. The third-order valence-electron chi connectivity index (χ3n) is 2.39. The average Bonchev–Trinajstić information content (AvgIpc) is 2.81. The molecule has 0 fully saturated rings. The maximum absolute atomic E-state index is 4.04. The van der Waals surface area contributed by atoms with Gasteiger partial charge < -0.3 is 5.32 Å². The van der Waals surface area contributed by atoms with E-state index in [2.05, 4.69) is 66.3 Å². The Morgan fingerprint density at radius 2 is 2.28 bits per heavy atom. The molecule has 2 aromatic rings. The van der Waals surface area contributed by atoms with Gasteiger partial charge in [0.25, 0.3) is 0 Å². The van der Waals surface area contributed by atoms with Crippen molar-refractivity contribution in [2.75, 3.05) is 6.54 Å². The lowest BCUT2D eigenvalue weighted by atomic mass is 10.3. The number of nitrogens with zero attached hydrogens (tertiary/aromatic N) is 4. The van der Waals surface area contributed by atoms with Crippen LogP contribution in [0.3, 0.4) is 0 Å². The van der Waals surface area contributed by atoms with E-state index < -0.39 is 0 Å². The standard InChI is InChI=1S/C11H13BrIN5/c1-2-5-14-7-11-15-16-17-18(11)8-3-4-10(13)9(12)6-8/h3-4,6,14H,2,5,7H2,1H3. The molecule has 18 heavy (non-hydrogen) atoms. The minimum Gasteiger partial charge on any atom is -0.310 e. The number of hydrogen-bond donors (Lipinski definition) is 1. The highest BCUT2D eigenvalue weighted by atomic mass is 127. The second-order valence-corrected chi connectivity index (χ2v) is 5.80. The molecule has 1 aromatic carbocycles. The second kappa shape index (κ2) is 6.58. The molecule has 0 unspecified atom stereocenters. The molecule has 1 heterocycles. The molecule has 0 radical (unpaired) electrons. The first-order chi connectivity index (χ1) is 8.72. The molecule has 0 aliphatic carbocycles. The predicted molar refractivity (Wildman–Crippen MR) is 81.6 cm³/mol. The van der Waals surface area contributed by atoms with Crippen LogP contribution in [0.1, 0.15) is 19.2 Å². The lowest BCUT2D eigenvalue weighted by molar-refractivity contribution is 0.632. The van der Waals surface area contributed by atoms with Gasteiger partial charge in [-0.15, -0.1) is 5.10 Å². The summed E-state index contributed by atoms with van der Waals surface area (Å²) in [5, 5.41) is 15.1. The highest BCUT2D eigenvalue weighted by Crippen LogP contribution is 2.22. The van der Waals surface area contributed by atoms with Crippen molar-refractivity contribution >= 4 is 38.5 Å². The van der Waals surface area contributed by atoms with Crippen LogP contribution in [-0.4, -0.2) is 26.8 Å². The van der Waals surface area contributed by atoms with E-state index >= 15 is 0 Å². The molecule has 0 aliphatic rings. The molecule has 0 aliphatic heterocycles. The van der Waals surface area contributed by atoms with Crippen molar-refractivity contribution in [3.63, 3.8) is 0 Å². The summed E-state index contributed by atoms with van der Waals surface area (Å²) in [6.45, 7) is 3.76. The number of nitrogens with one attached hydrogen (secondary N) is 1. The summed E-state index contributed by atoms with van der Waals surface area (Å²) in [7, 11) is 0. The van der Waals surface area contributed by atoms with Crippen molar-refractivity contribution in [2.24, 2.45) is 0 Å². The summed E-state index contributed by atoms with van der Waals surface area (Å²) in [6.07, 6.45) is 1.09. The van der Waals surface area contributed by atoms with Crippen molar-refractivity contribution in [3.8, 4) is 5.69 Å². The Hall–Kier alpha value is -0.540. The molecule has 0 atom stereocenters. The predicted octanol–water partition coefficient (Wildman–Crippen LogP) is 2.53. The molecule has 7 heteroatoms. The molecule has 2 rings (SSSR count). The molecule has 5 nitrogen and oxygen atoms in total. The fraction of sp³-hybridized carbons (Fsp3) is 0.364. The normalized spacial score (nSPS) is 10.8. The fourth-order valence-electron chi connectivity index (χ4n) is 1.51. The fourth-order valence-corrected chi connectivity index (χ4v) is 2.21.